The fraction of sp³-hybridized carbons (Fsp3) is 0.294. The molecular weight excluding hydrogens is 324 g/mol. The molecule has 3 heterocycles. The van der Waals surface area contributed by atoms with E-state index in [-0.39, 0.29) is 12.0 Å². The molecule has 0 saturated carbocycles. The van der Waals surface area contributed by atoms with Crippen LogP contribution in [0.4, 0.5) is 0 Å². The fourth-order valence-electron chi connectivity index (χ4n) is 2.46. The van der Waals surface area contributed by atoms with Crippen molar-refractivity contribution in [3.8, 4) is 21.8 Å². The summed E-state index contributed by atoms with van der Waals surface area (Å²) in [4.78, 5) is 19.6. The molecule has 0 aliphatic heterocycles. The summed E-state index contributed by atoms with van der Waals surface area (Å²) in [6.07, 6.45) is 5.24. The van der Waals surface area contributed by atoms with Crippen LogP contribution < -0.4 is 0 Å². The van der Waals surface area contributed by atoms with Gasteiger partial charge in [-0.25, -0.2) is 4.98 Å². The lowest BCUT2D eigenvalue weighted by molar-refractivity contribution is -0.136. The van der Waals surface area contributed by atoms with E-state index in [1.807, 2.05) is 16.8 Å². The Bertz CT molecular complexity index is 862. The van der Waals surface area contributed by atoms with Gasteiger partial charge >= 0.3 is 5.97 Å². The summed E-state index contributed by atoms with van der Waals surface area (Å²) >= 11 is 1.43. The van der Waals surface area contributed by atoms with Crippen molar-refractivity contribution in [2.45, 2.75) is 32.7 Å². The van der Waals surface area contributed by atoms with Crippen LogP contribution in [0.1, 0.15) is 26.5 Å². The van der Waals surface area contributed by atoms with Crippen LogP contribution in [0, 0.1) is 0 Å². The highest BCUT2D eigenvalue weighted by atomic mass is 32.1. The molecule has 0 unspecified atom stereocenters. The van der Waals surface area contributed by atoms with E-state index in [1.54, 1.807) is 24.0 Å². The van der Waals surface area contributed by atoms with E-state index in [4.69, 9.17) is 5.11 Å². The lowest BCUT2D eigenvalue weighted by atomic mass is 10.1. The van der Waals surface area contributed by atoms with Crippen molar-refractivity contribution in [3.05, 3.63) is 41.8 Å². The SMILES string of the molecule is CC(C)(C)n1ncc(-c2nc(CC(=O)O)cs2)c1-c1cccnc1. The number of carboxylic acids is 1. The monoisotopic (exact) mass is 342 g/mol. The van der Waals surface area contributed by atoms with Gasteiger partial charge in [-0.3, -0.25) is 14.5 Å². The first kappa shape index (κ1) is 16.3. The van der Waals surface area contributed by atoms with Crippen molar-refractivity contribution in [2.24, 2.45) is 0 Å². The van der Waals surface area contributed by atoms with Crippen molar-refractivity contribution < 1.29 is 9.90 Å². The number of hydrogen-bond donors (Lipinski definition) is 1. The summed E-state index contributed by atoms with van der Waals surface area (Å²) < 4.78 is 1.96. The Hall–Kier alpha value is -2.54. The number of thiazole rings is 1. The van der Waals surface area contributed by atoms with Gasteiger partial charge in [-0.2, -0.15) is 5.10 Å². The molecule has 0 spiro atoms. The number of hydrogen-bond acceptors (Lipinski definition) is 5. The highest BCUT2D eigenvalue weighted by Crippen LogP contribution is 2.36. The van der Waals surface area contributed by atoms with Crippen molar-refractivity contribution in [2.75, 3.05) is 0 Å². The molecule has 124 valence electrons. The van der Waals surface area contributed by atoms with E-state index in [1.165, 1.54) is 11.3 Å². The zero-order chi connectivity index (χ0) is 17.3. The number of rotatable bonds is 4. The third kappa shape index (κ3) is 3.21. The van der Waals surface area contributed by atoms with Gasteiger partial charge in [0.05, 0.1) is 35.1 Å². The van der Waals surface area contributed by atoms with E-state index >= 15 is 0 Å². The van der Waals surface area contributed by atoms with Gasteiger partial charge in [0.25, 0.3) is 0 Å². The van der Waals surface area contributed by atoms with Gasteiger partial charge in [-0.15, -0.1) is 11.3 Å². The molecule has 1 N–H and O–H groups in total. The van der Waals surface area contributed by atoms with Gasteiger partial charge in [0.1, 0.15) is 5.01 Å². The average Bonchev–Trinajstić information content (AvgIpc) is 3.13. The van der Waals surface area contributed by atoms with Crippen LogP contribution in [0.3, 0.4) is 0 Å². The normalized spacial score (nSPS) is 11.6. The van der Waals surface area contributed by atoms with E-state index in [0.29, 0.717) is 5.69 Å². The second kappa shape index (κ2) is 6.16. The van der Waals surface area contributed by atoms with Gasteiger partial charge < -0.3 is 5.11 Å². The molecule has 0 radical (unpaired) electrons. The second-order valence-corrected chi connectivity index (χ2v) is 7.30. The molecule has 3 aromatic rings. The Labute approximate surface area is 143 Å². The van der Waals surface area contributed by atoms with Crippen LogP contribution in [0.15, 0.2) is 36.1 Å². The first-order valence-corrected chi connectivity index (χ1v) is 8.39. The maximum atomic E-state index is 10.9. The Morgan fingerprint density at radius 2 is 2.12 bits per heavy atom. The van der Waals surface area contributed by atoms with Crippen LogP contribution in [0.5, 0.6) is 0 Å². The largest absolute Gasteiger partial charge is 0.481 e. The van der Waals surface area contributed by atoms with E-state index in [0.717, 1.165) is 21.8 Å². The van der Waals surface area contributed by atoms with Gasteiger partial charge in [-0.05, 0) is 32.9 Å². The number of carboxylic acid groups (broad SMARTS) is 1. The summed E-state index contributed by atoms with van der Waals surface area (Å²) in [5.41, 5.74) is 3.13. The van der Waals surface area contributed by atoms with Crippen molar-refractivity contribution >= 4 is 17.3 Å². The molecule has 3 aromatic heterocycles. The molecule has 0 aromatic carbocycles. The lowest BCUT2D eigenvalue weighted by Gasteiger charge is -2.23. The van der Waals surface area contributed by atoms with Crippen molar-refractivity contribution in [3.63, 3.8) is 0 Å². The third-order valence-corrected chi connectivity index (χ3v) is 4.38. The number of aliphatic carboxylic acids is 1. The molecule has 24 heavy (non-hydrogen) atoms. The van der Waals surface area contributed by atoms with Crippen LogP contribution in [0.2, 0.25) is 0 Å². The summed E-state index contributed by atoms with van der Waals surface area (Å²) in [7, 11) is 0. The maximum absolute atomic E-state index is 10.9. The second-order valence-electron chi connectivity index (χ2n) is 6.45. The third-order valence-electron chi connectivity index (χ3n) is 3.45. The topological polar surface area (TPSA) is 80.9 Å². The molecule has 6 nitrogen and oxygen atoms in total. The standard InChI is InChI=1S/C17H18N4O2S/c1-17(2,3)21-15(11-5-4-6-18-8-11)13(9-19-21)16-20-12(10-24-16)7-14(22)23/h4-6,8-10H,7H2,1-3H3,(H,22,23). The number of nitrogens with zero attached hydrogens (tertiary/aromatic N) is 4. The zero-order valence-corrected chi connectivity index (χ0v) is 14.5. The molecule has 0 fully saturated rings. The van der Waals surface area contributed by atoms with Crippen LogP contribution in [-0.2, 0) is 16.8 Å². The predicted molar refractivity (Wildman–Crippen MR) is 92.9 cm³/mol. The van der Waals surface area contributed by atoms with Crippen molar-refractivity contribution in [1.29, 1.82) is 0 Å². The fourth-order valence-corrected chi connectivity index (χ4v) is 3.29. The highest BCUT2D eigenvalue weighted by Gasteiger charge is 2.24. The smallest absolute Gasteiger partial charge is 0.309 e. The van der Waals surface area contributed by atoms with E-state index in [9.17, 15) is 4.79 Å². The Balaban J connectivity index is 2.13. The van der Waals surface area contributed by atoms with Crippen molar-refractivity contribution in [1.82, 2.24) is 19.7 Å². The number of aromatic nitrogens is 4. The quantitative estimate of drug-likeness (QED) is 0.785. The molecule has 3 rings (SSSR count). The summed E-state index contributed by atoms with van der Waals surface area (Å²) in [6, 6.07) is 3.87. The van der Waals surface area contributed by atoms with Gasteiger partial charge in [0, 0.05) is 23.3 Å². The minimum absolute atomic E-state index is 0.0772. The van der Waals surface area contributed by atoms with Gasteiger partial charge in [-0.1, -0.05) is 0 Å². The van der Waals surface area contributed by atoms with E-state index in [2.05, 4.69) is 35.8 Å². The summed E-state index contributed by atoms with van der Waals surface area (Å²) in [5.74, 6) is -0.885. The Kier molecular flexibility index (Phi) is 4.19. The average molecular weight is 342 g/mol. The molecule has 0 atom stereocenters. The molecular formula is C17H18N4O2S. The minimum Gasteiger partial charge on any atom is -0.481 e. The molecule has 7 heteroatoms. The summed E-state index contributed by atoms with van der Waals surface area (Å²) in [5, 5.41) is 16.0. The lowest BCUT2D eigenvalue weighted by Crippen LogP contribution is -2.24. The number of carbonyl (C=O) groups is 1. The van der Waals surface area contributed by atoms with Gasteiger partial charge in [0.2, 0.25) is 0 Å². The molecule has 0 bridgehead atoms. The predicted octanol–water partition coefficient (Wildman–Crippen LogP) is 3.45. The van der Waals surface area contributed by atoms with Gasteiger partial charge in [0.15, 0.2) is 0 Å². The number of pyridine rings is 1. The molecule has 0 aliphatic rings. The first-order valence-electron chi connectivity index (χ1n) is 7.52. The highest BCUT2D eigenvalue weighted by molar-refractivity contribution is 7.13. The first-order chi connectivity index (χ1) is 11.4. The zero-order valence-electron chi connectivity index (χ0n) is 13.7. The van der Waals surface area contributed by atoms with Crippen LogP contribution in [-0.4, -0.2) is 30.8 Å². The van der Waals surface area contributed by atoms with Crippen LogP contribution >= 0.6 is 11.3 Å². The van der Waals surface area contributed by atoms with E-state index < -0.39 is 5.97 Å². The molecule has 0 amide bonds. The maximum Gasteiger partial charge on any atom is 0.309 e. The Morgan fingerprint density at radius 3 is 2.75 bits per heavy atom. The molecule has 0 aliphatic carbocycles. The Morgan fingerprint density at radius 1 is 1.33 bits per heavy atom. The van der Waals surface area contributed by atoms with Crippen LogP contribution in [0.25, 0.3) is 21.8 Å². The minimum atomic E-state index is -0.885. The molecule has 0 saturated heterocycles. The summed E-state index contributed by atoms with van der Waals surface area (Å²) in [6.45, 7) is 6.25.